The van der Waals surface area contributed by atoms with Crippen molar-refractivity contribution in [3.63, 3.8) is 0 Å². The molecule has 0 atom stereocenters. The van der Waals surface area contributed by atoms with Crippen molar-refractivity contribution in [2.45, 2.75) is 13.0 Å². The van der Waals surface area contributed by atoms with Gasteiger partial charge in [0.25, 0.3) is 5.91 Å². The van der Waals surface area contributed by atoms with E-state index in [1.54, 1.807) is 12.1 Å². The normalized spacial score (nSPS) is 10.7. The van der Waals surface area contributed by atoms with Gasteiger partial charge in [0.1, 0.15) is 11.5 Å². The highest BCUT2D eigenvalue weighted by atomic mass is 16.5. The van der Waals surface area contributed by atoms with Gasteiger partial charge in [0.05, 0.1) is 12.7 Å². The number of fused-ring (bicyclic) bond motifs is 1. The summed E-state index contributed by atoms with van der Waals surface area (Å²) in [6.07, 6.45) is 2.86. The van der Waals surface area contributed by atoms with Gasteiger partial charge in [-0.1, -0.05) is 18.2 Å². The summed E-state index contributed by atoms with van der Waals surface area (Å²) in [7, 11) is 1.51. The molecule has 124 valence electrons. The maximum absolute atomic E-state index is 12.1. The number of methoxy groups -OCH3 is 1. The molecule has 0 aliphatic heterocycles. The predicted molar refractivity (Wildman–Crippen MR) is 93.5 cm³/mol. The van der Waals surface area contributed by atoms with Crippen molar-refractivity contribution in [3.8, 4) is 11.5 Å². The van der Waals surface area contributed by atoms with E-state index < -0.39 is 0 Å². The van der Waals surface area contributed by atoms with Gasteiger partial charge in [0, 0.05) is 30.9 Å². The van der Waals surface area contributed by atoms with E-state index in [0.29, 0.717) is 12.3 Å². The molecule has 0 bridgehead atoms. The summed E-state index contributed by atoms with van der Waals surface area (Å²) in [5, 5.41) is 13.9. The Kier molecular flexibility index (Phi) is 4.70. The first kappa shape index (κ1) is 15.9. The van der Waals surface area contributed by atoms with Gasteiger partial charge >= 0.3 is 0 Å². The molecule has 5 heteroatoms. The fourth-order valence-corrected chi connectivity index (χ4v) is 2.71. The fourth-order valence-electron chi connectivity index (χ4n) is 2.71. The minimum absolute atomic E-state index is 0.0803. The lowest BCUT2D eigenvalue weighted by Gasteiger charge is -2.09. The molecule has 0 fully saturated rings. The van der Waals surface area contributed by atoms with Crippen molar-refractivity contribution in [2.75, 3.05) is 13.7 Å². The highest BCUT2D eigenvalue weighted by Gasteiger charge is 2.11. The zero-order chi connectivity index (χ0) is 16.9. The van der Waals surface area contributed by atoms with Gasteiger partial charge in [-0.05, 0) is 36.1 Å². The Hall–Kier alpha value is -2.95. The number of nitrogens with one attached hydrogen (secondary N) is 1. The van der Waals surface area contributed by atoms with Crippen molar-refractivity contribution in [2.24, 2.45) is 0 Å². The van der Waals surface area contributed by atoms with Gasteiger partial charge in [-0.2, -0.15) is 0 Å². The minimum atomic E-state index is -0.285. The number of rotatable bonds is 6. The van der Waals surface area contributed by atoms with Crippen LogP contribution >= 0.6 is 0 Å². The minimum Gasteiger partial charge on any atom is -0.507 e. The summed E-state index contributed by atoms with van der Waals surface area (Å²) < 4.78 is 7.18. The Bertz CT molecular complexity index is 855. The molecule has 5 nitrogen and oxygen atoms in total. The maximum atomic E-state index is 12.1. The highest BCUT2D eigenvalue weighted by Crippen LogP contribution is 2.23. The van der Waals surface area contributed by atoms with Crippen LogP contribution < -0.4 is 10.1 Å². The number of aromatic hydroxyl groups is 1. The molecule has 0 aliphatic carbocycles. The van der Waals surface area contributed by atoms with Crippen LogP contribution in [0.4, 0.5) is 0 Å². The maximum Gasteiger partial charge on any atom is 0.255 e. The van der Waals surface area contributed by atoms with Crippen LogP contribution in [0.2, 0.25) is 0 Å². The van der Waals surface area contributed by atoms with Crippen LogP contribution in [0.15, 0.2) is 54.7 Å². The van der Waals surface area contributed by atoms with Crippen LogP contribution in [0.1, 0.15) is 16.8 Å². The number of benzene rings is 2. The second-order valence-electron chi connectivity index (χ2n) is 5.56. The first-order valence-electron chi connectivity index (χ1n) is 7.88. The average Bonchev–Trinajstić information content (AvgIpc) is 3.01. The number of carbonyl (C=O) groups is 1. The SMILES string of the molecule is COc1ccc(C(=O)NCCCn2ccc3ccccc32)c(O)c1. The van der Waals surface area contributed by atoms with Crippen molar-refractivity contribution < 1.29 is 14.6 Å². The number of hydrogen-bond acceptors (Lipinski definition) is 3. The molecule has 3 aromatic rings. The zero-order valence-electron chi connectivity index (χ0n) is 13.5. The molecule has 1 aromatic heterocycles. The molecule has 0 unspecified atom stereocenters. The van der Waals surface area contributed by atoms with Gasteiger partial charge in [-0.25, -0.2) is 0 Å². The Morgan fingerprint density at radius 2 is 2.04 bits per heavy atom. The fraction of sp³-hybridized carbons (Fsp3) is 0.211. The summed E-state index contributed by atoms with van der Waals surface area (Å²) in [6, 6.07) is 14.9. The second-order valence-corrected chi connectivity index (χ2v) is 5.56. The summed E-state index contributed by atoms with van der Waals surface area (Å²) in [5.41, 5.74) is 1.44. The number of nitrogens with zero attached hydrogens (tertiary/aromatic N) is 1. The Balaban J connectivity index is 1.54. The summed E-state index contributed by atoms with van der Waals surface area (Å²) in [6.45, 7) is 1.36. The number of aryl methyl sites for hydroxylation is 1. The third-order valence-corrected chi connectivity index (χ3v) is 3.99. The monoisotopic (exact) mass is 324 g/mol. The first-order chi connectivity index (χ1) is 11.7. The lowest BCUT2D eigenvalue weighted by atomic mass is 10.1. The molecule has 1 amide bonds. The summed E-state index contributed by atoms with van der Waals surface area (Å²) >= 11 is 0. The summed E-state index contributed by atoms with van der Waals surface area (Å²) in [4.78, 5) is 12.1. The Morgan fingerprint density at radius 3 is 2.83 bits per heavy atom. The van der Waals surface area contributed by atoms with Gasteiger partial charge in [-0.3, -0.25) is 4.79 Å². The number of hydrogen-bond donors (Lipinski definition) is 2. The third-order valence-electron chi connectivity index (χ3n) is 3.99. The molecule has 24 heavy (non-hydrogen) atoms. The van der Waals surface area contributed by atoms with E-state index in [9.17, 15) is 9.90 Å². The van der Waals surface area contributed by atoms with E-state index in [1.807, 2.05) is 12.1 Å². The topological polar surface area (TPSA) is 63.5 Å². The van der Waals surface area contributed by atoms with E-state index in [2.05, 4.69) is 34.3 Å². The molecule has 0 aliphatic rings. The molecular formula is C19H20N2O3. The van der Waals surface area contributed by atoms with Gasteiger partial charge in [-0.15, -0.1) is 0 Å². The lowest BCUT2D eigenvalue weighted by Crippen LogP contribution is -2.25. The van der Waals surface area contributed by atoms with Crippen molar-refractivity contribution in [3.05, 3.63) is 60.3 Å². The molecule has 0 saturated carbocycles. The van der Waals surface area contributed by atoms with Crippen LogP contribution in [0.25, 0.3) is 10.9 Å². The number of amides is 1. The summed E-state index contributed by atoms with van der Waals surface area (Å²) in [5.74, 6) is 0.152. The number of aromatic nitrogens is 1. The van der Waals surface area contributed by atoms with Crippen LogP contribution in [0, 0.1) is 0 Å². The molecule has 0 saturated heterocycles. The number of phenols is 1. The van der Waals surface area contributed by atoms with E-state index in [0.717, 1.165) is 13.0 Å². The molecule has 0 radical (unpaired) electrons. The standard InChI is InChI=1S/C19H20N2O3/c1-24-15-7-8-16(18(22)13-15)19(23)20-10-4-11-21-12-9-14-5-2-3-6-17(14)21/h2-3,5-9,12-13,22H,4,10-11H2,1H3,(H,20,23). The quantitative estimate of drug-likeness (QED) is 0.685. The molecular weight excluding hydrogens is 304 g/mol. The van der Waals surface area contributed by atoms with E-state index in [1.165, 1.54) is 24.1 Å². The number of carbonyl (C=O) groups excluding carboxylic acids is 1. The zero-order valence-corrected chi connectivity index (χ0v) is 13.5. The first-order valence-corrected chi connectivity index (χ1v) is 7.88. The molecule has 1 heterocycles. The molecule has 3 rings (SSSR count). The average molecular weight is 324 g/mol. The van der Waals surface area contributed by atoms with Crippen LogP contribution in [-0.4, -0.2) is 29.2 Å². The van der Waals surface area contributed by atoms with E-state index in [4.69, 9.17) is 4.74 Å². The smallest absolute Gasteiger partial charge is 0.255 e. The number of para-hydroxylation sites is 1. The van der Waals surface area contributed by atoms with E-state index in [-0.39, 0.29) is 17.2 Å². The van der Waals surface area contributed by atoms with Crippen molar-refractivity contribution >= 4 is 16.8 Å². The van der Waals surface area contributed by atoms with Gasteiger partial charge < -0.3 is 19.7 Å². The third kappa shape index (κ3) is 3.35. The van der Waals surface area contributed by atoms with Gasteiger partial charge in [0.2, 0.25) is 0 Å². The number of phenolic OH excluding ortho intramolecular Hbond substituents is 1. The highest BCUT2D eigenvalue weighted by molar-refractivity contribution is 5.97. The second kappa shape index (κ2) is 7.08. The Morgan fingerprint density at radius 1 is 1.21 bits per heavy atom. The van der Waals surface area contributed by atoms with Crippen LogP contribution in [0.3, 0.4) is 0 Å². The number of ether oxygens (including phenoxy) is 1. The van der Waals surface area contributed by atoms with Crippen molar-refractivity contribution in [1.29, 1.82) is 0 Å². The molecule has 2 N–H and O–H groups in total. The largest absolute Gasteiger partial charge is 0.507 e. The van der Waals surface area contributed by atoms with Crippen LogP contribution in [0.5, 0.6) is 11.5 Å². The molecule has 0 spiro atoms. The molecule has 2 aromatic carbocycles. The van der Waals surface area contributed by atoms with Gasteiger partial charge in [0.15, 0.2) is 0 Å². The van der Waals surface area contributed by atoms with Crippen molar-refractivity contribution in [1.82, 2.24) is 9.88 Å². The van der Waals surface area contributed by atoms with E-state index >= 15 is 0 Å². The predicted octanol–water partition coefficient (Wildman–Crippen LogP) is 3.18. The van der Waals surface area contributed by atoms with Crippen LogP contribution in [-0.2, 0) is 6.54 Å². The Labute approximate surface area is 140 Å². The lowest BCUT2D eigenvalue weighted by molar-refractivity contribution is 0.0950.